The molecule has 0 bridgehead atoms. The number of nitrogens with zero attached hydrogens (tertiary/aromatic N) is 1. The van der Waals surface area contributed by atoms with Crippen molar-refractivity contribution in [2.24, 2.45) is 5.92 Å². The Morgan fingerprint density at radius 3 is 2.62 bits per heavy atom. The molecule has 1 N–H and O–H groups in total. The number of nitrogens with one attached hydrogen (secondary N) is 1. The minimum absolute atomic E-state index is 0.138. The Hall–Kier alpha value is -1.33. The molecule has 1 atom stereocenters. The van der Waals surface area contributed by atoms with E-state index in [1.165, 1.54) is 4.90 Å². The number of carbonyl (C=O) groups excluding carboxylic acids is 1. The lowest BCUT2D eigenvalue weighted by molar-refractivity contribution is 0.230. The van der Waals surface area contributed by atoms with Gasteiger partial charge in [0.05, 0.1) is 13.7 Å². The Balaban J connectivity index is 2.01. The Morgan fingerprint density at radius 2 is 2.10 bits per heavy atom. The van der Waals surface area contributed by atoms with Crippen LogP contribution >= 0.6 is 23.2 Å². The summed E-state index contributed by atoms with van der Waals surface area (Å²) in [5.41, 5.74) is 0.633. The van der Waals surface area contributed by atoms with Crippen molar-refractivity contribution in [1.29, 1.82) is 0 Å². The van der Waals surface area contributed by atoms with Gasteiger partial charge >= 0.3 is 6.03 Å². The number of ether oxygens (including phenoxy) is 2. The van der Waals surface area contributed by atoms with E-state index in [0.717, 1.165) is 6.42 Å². The van der Waals surface area contributed by atoms with E-state index >= 15 is 0 Å². The number of hydrogen-bond donors (Lipinski definition) is 1. The standard InChI is InChI=1S/C14H18Cl2N2O3/c1-18(2)13(19)17-10-4-5-11(12(6-10)20-3)21-8-9-7-14(9,15)16/h4-6,9H,7-8H2,1-3H3,(H,17,19). The number of benzene rings is 1. The van der Waals surface area contributed by atoms with Gasteiger partial charge in [0.1, 0.15) is 4.33 Å². The van der Waals surface area contributed by atoms with Crippen LogP contribution in [-0.4, -0.2) is 43.1 Å². The molecule has 0 spiro atoms. The summed E-state index contributed by atoms with van der Waals surface area (Å²) in [6.45, 7) is 0.437. The van der Waals surface area contributed by atoms with E-state index in [9.17, 15) is 4.79 Å². The van der Waals surface area contributed by atoms with Gasteiger partial charge in [0.25, 0.3) is 0 Å². The Kier molecular flexibility index (Phi) is 4.74. The second-order valence-electron chi connectivity index (χ2n) is 5.16. The molecule has 1 saturated carbocycles. The van der Waals surface area contributed by atoms with Gasteiger partial charge in [-0.05, 0) is 18.6 Å². The van der Waals surface area contributed by atoms with Crippen LogP contribution in [0.4, 0.5) is 10.5 Å². The number of halogens is 2. The van der Waals surface area contributed by atoms with Gasteiger partial charge in [-0.15, -0.1) is 23.2 Å². The molecule has 7 heteroatoms. The van der Waals surface area contributed by atoms with E-state index in [1.54, 1.807) is 39.4 Å². The zero-order chi connectivity index (χ0) is 15.6. The SMILES string of the molecule is COc1cc(NC(=O)N(C)C)ccc1OCC1CC1(Cl)Cl. The number of hydrogen-bond acceptors (Lipinski definition) is 3. The molecule has 0 heterocycles. The normalized spacial score (nSPS) is 18.8. The monoisotopic (exact) mass is 332 g/mol. The minimum Gasteiger partial charge on any atom is -0.493 e. The van der Waals surface area contributed by atoms with Gasteiger partial charge in [0.15, 0.2) is 11.5 Å². The number of anilines is 1. The third kappa shape index (κ3) is 4.08. The lowest BCUT2D eigenvalue weighted by Crippen LogP contribution is -2.27. The highest BCUT2D eigenvalue weighted by molar-refractivity contribution is 6.50. The molecule has 2 rings (SSSR count). The molecule has 5 nitrogen and oxygen atoms in total. The molecule has 1 aliphatic carbocycles. The van der Waals surface area contributed by atoms with Gasteiger partial charge in [-0.25, -0.2) is 4.79 Å². The van der Waals surface area contributed by atoms with Crippen LogP contribution in [-0.2, 0) is 0 Å². The van der Waals surface area contributed by atoms with Crippen LogP contribution in [0, 0.1) is 5.92 Å². The van der Waals surface area contributed by atoms with Gasteiger partial charge in [0.2, 0.25) is 0 Å². The first kappa shape index (κ1) is 16.0. The van der Waals surface area contributed by atoms with E-state index < -0.39 is 4.33 Å². The lowest BCUT2D eigenvalue weighted by Gasteiger charge is -2.15. The molecule has 1 aliphatic rings. The third-order valence-corrected chi connectivity index (χ3v) is 4.14. The maximum Gasteiger partial charge on any atom is 0.321 e. The van der Waals surface area contributed by atoms with E-state index in [-0.39, 0.29) is 11.9 Å². The van der Waals surface area contributed by atoms with Crippen molar-refractivity contribution >= 4 is 34.9 Å². The quantitative estimate of drug-likeness (QED) is 0.841. The van der Waals surface area contributed by atoms with Gasteiger partial charge in [0, 0.05) is 31.8 Å². The molecular weight excluding hydrogens is 315 g/mol. The molecule has 0 saturated heterocycles. The fraction of sp³-hybridized carbons (Fsp3) is 0.500. The molecule has 116 valence electrons. The fourth-order valence-corrected chi connectivity index (χ4v) is 2.24. The predicted octanol–water partition coefficient (Wildman–Crippen LogP) is 3.36. The topological polar surface area (TPSA) is 50.8 Å². The first-order chi connectivity index (χ1) is 9.83. The van der Waals surface area contributed by atoms with Gasteiger partial charge in [-0.3, -0.25) is 0 Å². The summed E-state index contributed by atoms with van der Waals surface area (Å²) in [6, 6.07) is 4.99. The largest absolute Gasteiger partial charge is 0.493 e. The number of amides is 2. The number of methoxy groups -OCH3 is 1. The summed E-state index contributed by atoms with van der Waals surface area (Å²) in [5, 5.41) is 2.74. The Labute approximate surface area is 134 Å². The van der Waals surface area contributed by atoms with Crippen LogP contribution in [0.1, 0.15) is 6.42 Å². The average molecular weight is 333 g/mol. The molecule has 2 amide bonds. The summed E-state index contributed by atoms with van der Waals surface area (Å²) in [7, 11) is 4.89. The smallest absolute Gasteiger partial charge is 0.321 e. The zero-order valence-electron chi connectivity index (χ0n) is 12.2. The van der Waals surface area contributed by atoms with Gasteiger partial charge in [-0.1, -0.05) is 0 Å². The summed E-state index contributed by atoms with van der Waals surface area (Å²) >= 11 is 11.9. The van der Waals surface area contributed by atoms with Crippen LogP contribution in [0.25, 0.3) is 0 Å². The van der Waals surface area contributed by atoms with Crippen molar-refractivity contribution in [3.63, 3.8) is 0 Å². The predicted molar refractivity (Wildman–Crippen MR) is 83.7 cm³/mol. The third-order valence-electron chi connectivity index (χ3n) is 3.22. The fourth-order valence-electron chi connectivity index (χ4n) is 1.74. The summed E-state index contributed by atoms with van der Waals surface area (Å²) in [6.07, 6.45) is 0.732. The molecular formula is C14H18Cl2N2O3. The van der Waals surface area contributed by atoms with E-state index in [1.807, 2.05) is 0 Å². The molecule has 1 unspecified atom stereocenters. The van der Waals surface area contributed by atoms with Crippen molar-refractivity contribution in [2.75, 3.05) is 33.1 Å². The zero-order valence-corrected chi connectivity index (χ0v) is 13.7. The van der Waals surface area contributed by atoms with Crippen molar-refractivity contribution in [1.82, 2.24) is 4.90 Å². The molecule has 1 fully saturated rings. The maximum absolute atomic E-state index is 11.6. The maximum atomic E-state index is 11.6. The van der Waals surface area contributed by atoms with Crippen molar-refractivity contribution in [3.05, 3.63) is 18.2 Å². The number of urea groups is 1. The highest BCUT2D eigenvalue weighted by Gasteiger charge is 2.52. The molecule has 0 aliphatic heterocycles. The van der Waals surface area contributed by atoms with E-state index in [2.05, 4.69) is 5.32 Å². The van der Waals surface area contributed by atoms with Crippen LogP contribution < -0.4 is 14.8 Å². The average Bonchev–Trinajstić information content (AvgIpc) is 3.04. The van der Waals surface area contributed by atoms with Crippen LogP contribution in [0.5, 0.6) is 11.5 Å². The Morgan fingerprint density at radius 1 is 1.43 bits per heavy atom. The van der Waals surface area contributed by atoms with Crippen LogP contribution in [0.15, 0.2) is 18.2 Å². The number of rotatable bonds is 5. The van der Waals surface area contributed by atoms with Crippen molar-refractivity contribution in [2.45, 2.75) is 10.8 Å². The van der Waals surface area contributed by atoms with Crippen molar-refractivity contribution in [3.8, 4) is 11.5 Å². The van der Waals surface area contributed by atoms with E-state index in [0.29, 0.717) is 23.8 Å². The van der Waals surface area contributed by atoms with Gasteiger partial charge < -0.3 is 19.7 Å². The van der Waals surface area contributed by atoms with Crippen LogP contribution in [0.3, 0.4) is 0 Å². The molecule has 0 aromatic heterocycles. The summed E-state index contributed by atoms with van der Waals surface area (Å²) in [4.78, 5) is 13.1. The van der Waals surface area contributed by atoms with Gasteiger partial charge in [-0.2, -0.15) is 0 Å². The first-order valence-electron chi connectivity index (χ1n) is 6.50. The van der Waals surface area contributed by atoms with Crippen molar-refractivity contribution < 1.29 is 14.3 Å². The second kappa shape index (κ2) is 6.20. The molecule has 0 radical (unpaired) electrons. The summed E-state index contributed by atoms with van der Waals surface area (Å²) in [5.74, 6) is 1.27. The highest BCUT2D eigenvalue weighted by atomic mass is 35.5. The van der Waals surface area contributed by atoms with Crippen LogP contribution in [0.2, 0.25) is 0 Å². The minimum atomic E-state index is -0.660. The highest BCUT2D eigenvalue weighted by Crippen LogP contribution is 2.53. The second-order valence-corrected chi connectivity index (χ2v) is 6.71. The number of carbonyl (C=O) groups is 1. The first-order valence-corrected chi connectivity index (χ1v) is 7.26. The molecule has 1 aromatic carbocycles. The number of alkyl halides is 2. The molecule has 21 heavy (non-hydrogen) atoms. The molecule has 1 aromatic rings. The van der Waals surface area contributed by atoms with E-state index in [4.69, 9.17) is 32.7 Å². The Bertz CT molecular complexity index is 535. The lowest BCUT2D eigenvalue weighted by atomic mass is 10.2. The summed E-state index contributed by atoms with van der Waals surface area (Å²) < 4.78 is 10.3.